The number of furan rings is 1. The van der Waals surface area contributed by atoms with Gasteiger partial charge in [0.05, 0.1) is 18.3 Å². The zero-order valence-corrected chi connectivity index (χ0v) is 17.9. The van der Waals surface area contributed by atoms with E-state index in [-0.39, 0.29) is 27.7 Å². The van der Waals surface area contributed by atoms with Crippen LogP contribution in [0.4, 0.5) is 0 Å². The van der Waals surface area contributed by atoms with Gasteiger partial charge in [-0.1, -0.05) is 39.0 Å². The molecule has 4 aromatic rings. The number of aromatic amines is 3. The van der Waals surface area contributed by atoms with Gasteiger partial charge in [-0.2, -0.15) is 0 Å². The summed E-state index contributed by atoms with van der Waals surface area (Å²) in [6.07, 6.45) is 6.04. The third kappa shape index (κ3) is 4.29. The van der Waals surface area contributed by atoms with Gasteiger partial charge in [-0.25, -0.2) is 4.98 Å². The second kappa shape index (κ2) is 8.14. The third-order valence-electron chi connectivity index (χ3n) is 4.89. The predicted molar refractivity (Wildman–Crippen MR) is 120 cm³/mol. The lowest BCUT2D eigenvalue weighted by atomic mass is 9.90. The van der Waals surface area contributed by atoms with Crippen LogP contribution >= 0.6 is 0 Å². The fourth-order valence-corrected chi connectivity index (χ4v) is 3.33. The lowest BCUT2D eigenvalue weighted by molar-refractivity contribution is 0.101. The van der Waals surface area contributed by atoms with Crippen molar-refractivity contribution < 1.29 is 9.21 Å². The zero-order chi connectivity index (χ0) is 22.9. The molecular weight excluding hydrogens is 408 g/mol. The molecule has 0 aliphatic rings. The number of carbonyl (C=O) groups is 1. The quantitative estimate of drug-likeness (QED) is 0.424. The molecule has 0 spiro atoms. The minimum atomic E-state index is -0.466. The lowest BCUT2D eigenvalue weighted by Gasteiger charge is -2.16. The number of carbonyl (C=O) groups excluding carboxylic acids is 1. The van der Waals surface area contributed by atoms with Gasteiger partial charge in [0.2, 0.25) is 5.78 Å². The summed E-state index contributed by atoms with van der Waals surface area (Å²) in [5.41, 5.74) is 1.30. The maximum absolute atomic E-state index is 12.6. The van der Waals surface area contributed by atoms with Crippen LogP contribution in [0.2, 0.25) is 0 Å². The topological polar surface area (TPSA) is 125 Å². The summed E-state index contributed by atoms with van der Waals surface area (Å²) in [5, 5.41) is 0.180. The Bertz CT molecular complexity index is 1510. The van der Waals surface area contributed by atoms with E-state index in [2.05, 4.69) is 19.9 Å². The van der Waals surface area contributed by atoms with Crippen molar-refractivity contribution >= 4 is 17.9 Å². The summed E-state index contributed by atoms with van der Waals surface area (Å²) in [7, 11) is 0. The first-order valence-corrected chi connectivity index (χ1v) is 10.0. The third-order valence-corrected chi connectivity index (χ3v) is 4.89. The van der Waals surface area contributed by atoms with E-state index >= 15 is 0 Å². The summed E-state index contributed by atoms with van der Waals surface area (Å²) in [5.74, 6) is -0.0486. The molecule has 4 rings (SSSR count). The number of hydrogen-bond donors (Lipinski definition) is 3. The molecule has 0 fully saturated rings. The number of benzene rings is 1. The summed E-state index contributed by atoms with van der Waals surface area (Å²) in [6, 6.07) is 9.93. The van der Waals surface area contributed by atoms with Crippen LogP contribution in [0.5, 0.6) is 0 Å². The van der Waals surface area contributed by atoms with E-state index in [4.69, 9.17) is 4.42 Å². The van der Waals surface area contributed by atoms with E-state index in [1.165, 1.54) is 12.3 Å². The predicted octanol–water partition coefficient (Wildman–Crippen LogP) is 1.57. The Hall–Kier alpha value is -4.20. The molecule has 3 aromatic heterocycles. The van der Waals surface area contributed by atoms with Gasteiger partial charge in [0, 0.05) is 16.7 Å². The second-order valence-electron chi connectivity index (χ2n) is 8.37. The van der Waals surface area contributed by atoms with Crippen molar-refractivity contribution in [2.45, 2.75) is 26.2 Å². The molecule has 0 bridgehead atoms. The Morgan fingerprint density at radius 3 is 2.38 bits per heavy atom. The molecule has 1 aromatic carbocycles. The van der Waals surface area contributed by atoms with E-state index in [0.29, 0.717) is 16.8 Å². The maximum Gasteiger partial charge on any atom is 0.272 e. The molecule has 0 saturated heterocycles. The first-order chi connectivity index (χ1) is 15.2. The van der Waals surface area contributed by atoms with Crippen molar-refractivity contribution in [3.63, 3.8) is 0 Å². The van der Waals surface area contributed by atoms with Crippen molar-refractivity contribution in [2.75, 3.05) is 0 Å². The molecule has 0 radical (unpaired) electrons. The minimum Gasteiger partial charge on any atom is -0.461 e. The monoisotopic (exact) mass is 430 g/mol. The van der Waals surface area contributed by atoms with Crippen LogP contribution in [0, 0.1) is 0 Å². The highest BCUT2D eigenvalue weighted by Crippen LogP contribution is 2.22. The largest absolute Gasteiger partial charge is 0.461 e. The van der Waals surface area contributed by atoms with Gasteiger partial charge in [-0.15, -0.1) is 0 Å². The van der Waals surface area contributed by atoms with Crippen molar-refractivity contribution in [1.82, 2.24) is 19.9 Å². The number of nitrogens with one attached hydrogen (secondary N) is 3. The molecule has 162 valence electrons. The summed E-state index contributed by atoms with van der Waals surface area (Å²) in [6.45, 7) is 6.06. The van der Waals surface area contributed by atoms with Crippen LogP contribution in [0.1, 0.15) is 53.8 Å². The lowest BCUT2D eigenvalue weighted by Crippen LogP contribution is -2.46. The molecule has 8 nitrogen and oxygen atoms in total. The molecular formula is C24H22N4O4. The molecule has 0 unspecified atom stereocenters. The van der Waals surface area contributed by atoms with E-state index in [0.717, 1.165) is 5.69 Å². The molecule has 8 heteroatoms. The number of rotatable bonds is 4. The minimum absolute atomic E-state index is 0.0767. The molecule has 0 aliphatic carbocycles. The maximum atomic E-state index is 12.6. The van der Waals surface area contributed by atoms with Crippen molar-refractivity contribution in [1.29, 1.82) is 0 Å². The van der Waals surface area contributed by atoms with Crippen LogP contribution in [0.3, 0.4) is 0 Å². The highest BCUT2D eigenvalue weighted by molar-refractivity contribution is 6.07. The normalized spacial score (nSPS) is 13.0. The van der Waals surface area contributed by atoms with Gasteiger partial charge in [-0.05, 0) is 35.9 Å². The van der Waals surface area contributed by atoms with E-state index in [1.807, 2.05) is 20.8 Å². The van der Waals surface area contributed by atoms with Crippen molar-refractivity contribution in [3.05, 3.63) is 109 Å². The SMILES string of the molecule is CC(C)(C)c1[nH]cnc1/C=c1\[nH]c(=O)/c(=C/c2cccc(C(=O)c3ccco3)c2)[nH]c1=O. The van der Waals surface area contributed by atoms with E-state index in [9.17, 15) is 14.4 Å². The number of ketones is 1. The first kappa shape index (κ1) is 21.0. The molecule has 3 heterocycles. The molecule has 0 saturated carbocycles. The van der Waals surface area contributed by atoms with Gasteiger partial charge in [0.25, 0.3) is 11.1 Å². The Balaban J connectivity index is 1.75. The van der Waals surface area contributed by atoms with Crippen LogP contribution < -0.4 is 21.8 Å². The molecule has 32 heavy (non-hydrogen) atoms. The van der Waals surface area contributed by atoms with Crippen LogP contribution in [-0.2, 0) is 5.41 Å². The van der Waals surface area contributed by atoms with Gasteiger partial charge >= 0.3 is 0 Å². The number of hydrogen-bond acceptors (Lipinski definition) is 5. The molecule has 0 atom stereocenters. The molecule has 0 aliphatic heterocycles. The highest BCUT2D eigenvalue weighted by atomic mass is 16.3. The Morgan fingerprint density at radius 2 is 1.72 bits per heavy atom. The standard InChI is InChI=1S/C24H22N4O4/c1-24(2,3)21-16(25-13-26-21)12-18-23(31)27-17(22(30)28-18)11-14-6-4-7-15(10-14)20(29)19-8-5-9-32-19/h4-13H,1-3H3,(H,25,26)(H,27,31)(H,28,30)/b17-11-,18-12-. The number of H-pyrrole nitrogens is 3. The van der Waals surface area contributed by atoms with Crippen molar-refractivity contribution in [3.8, 4) is 0 Å². The van der Waals surface area contributed by atoms with Crippen LogP contribution in [-0.4, -0.2) is 25.7 Å². The summed E-state index contributed by atoms with van der Waals surface area (Å²) in [4.78, 5) is 50.3. The zero-order valence-electron chi connectivity index (χ0n) is 17.9. The number of imidazole rings is 1. The van der Waals surface area contributed by atoms with Crippen molar-refractivity contribution in [2.24, 2.45) is 0 Å². The smallest absolute Gasteiger partial charge is 0.272 e. The average Bonchev–Trinajstić information content (AvgIpc) is 3.43. The molecule has 3 N–H and O–H groups in total. The fourth-order valence-electron chi connectivity index (χ4n) is 3.33. The number of nitrogens with zero attached hydrogens (tertiary/aromatic N) is 1. The first-order valence-electron chi connectivity index (χ1n) is 10.0. The van der Waals surface area contributed by atoms with Gasteiger partial charge in [0.15, 0.2) is 5.76 Å². The van der Waals surface area contributed by atoms with Crippen LogP contribution in [0.15, 0.2) is 63.0 Å². The van der Waals surface area contributed by atoms with Gasteiger partial charge in [-0.3, -0.25) is 14.4 Å². The Morgan fingerprint density at radius 1 is 1.00 bits per heavy atom. The summed E-state index contributed by atoms with van der Waals surface area (Å²) < 4.78 is 5.16. The van der Waals surface area contributed by atoms with Gasteiger partial charge in [0.1, 0.15) is 10.7 Å². The Kier molecular flexibility index (Phi) is 5.36. The van der Waals surface area contributed by atoms with Crippen LogP contribution in [0.25, 0.3) is 12.2 Å². The second-order valence-corrected chi connectivity index (χ2v) is 8.37. The Labute approximate surface area is 182 Å². The summed E-state index contributed by atoms with van der Waals surface area (Å²) >= 11 is 0. The number of aromatic nitrogens is 4. The highest BCUT2D eigenvalue weighted by Gasteiger charge is 2.19. The van der Waals surface area contributed by atoms with E-state index < -0.39 is 11.1 Å². The van der Waals surface area contributed by atoms with Gasteiger partial charge < -0.3 is 19.4 Å². The molecule has 0 amide bonds. The average molecular weight is 430 g/mol. The fraction of sp³-hybridized carbons (Fsp3) is 0.167. The van der Waals surface area contributed by atoms with E-state index in [1.54, 1.807) is 48.8 Å².